The minimum absolute atomic E-state index is 0.0622. The van der Waals surface area contributed by atoms with Crippen LogP contribution in [0.25, 0.3) is 5.69 Å². The highest BCUT2D eigenvalue weighted by Crippen LogP contribution is 2.28. The fourth-order valence-corrected chi connectivity index (χ4v) is 4.94. The van der Waals surface area contributed by atoms with Crippen LogP contribution in [0.15, 0.2) is 48.9 Å². The van der Waals surface area contributed by atoms with E-state index in [0.29, 0.717) is 18.8 Å². The maximum absolute atomic E-state index is 14.0. The van der Waals surface area contributed by atoms with Crippen LogP contribution in [0.3, 0.4) is 0 Å². The summed E-state index contributed by atoms with van der Waals surface area (Å²) in [6.07, 6.45) is 5.26. The number of nitrogens with zero attached hydrogens (tertiary/aromatic N) is 5. The van der Waals surface area contributed by atoms with E-state index in [1.54, 1.807) is 42.3 Å². The Labute approximate surface area is 156 Å². The summed E-state index contributed by atoms with van der Waals surface area (Å²) in [5.74, 6) is -0.158. The van der Waals surface area contributed by atoms with Gasteiger partial charge in [0.05, 0.1) is 29.4 Å². The van der Waals surface area contributed by atoms with E-state index in [1.807, 2.05) is 12.3 Å². The van der Waals surface area contributed by atoms with Crippen molar-refractivity contribution in [3.63, 3.8) is 0 Å². The molecule has 142 valence electrons. The molecule has 0 bridgehead atoms. The molecule has 0 aliphatic carbocycles. The normalized spacial score (nSPS) is 20.0. The number of hydrogen-bond acceptors (Lipinski definition) is 5. The molecule has 1 aliphatic rings. The topological polar surface area (TPSA) is 73.0 Å². The van der Waals surface area contributed by atoms with Crippen molar-refractivity contribution >= 4 is 9.84 Å². The summed E-state index contributed by atoms with van der Waals surface area (Å²) < 4.78 is 41.4. The number of halogens is 1. The Hall–Kier alpha value is -2.52. The molecule has 1 unspecified atom stereocenters. The van der Waals surface area contributed by atoms with E-state index in [2.05, 4.69) is 15.1 Å². The smallest absolute Gasteiger partial charge is 0.153 e. The summed E-state index contributed by atoms with van der Waals surface area (Å²) in [7, 11) is -1.29. The zero-order valence-electron chi connectivity index (χ0n) is 14.9. The average Bonchev–Trinajstić information content (AvgIpc) is 3.26. The van der Waals surface area contributed by atoms with Gasteiger partial charge < -0.3 is 0 Å². The van der Waals surface area contributed by atoms with Gasteiger partial charge in [0, 0.05) is 38.1 Å². The SMILES string of the molecule is Cn1cc(C2CS(=O)(=O)CCN2Cc2ccn(-c3ccccc3F)n2)cn1. The molecule has 2 aromatic heterocycles. The van der Waals surface area contributed by atoms with Crippen molar-refractivity contribution in [3.8, 4) is 5.69 Å². The number of benzene rings is 1. The minimum atomic E-state index is -3.09. The van der Waals surface area contributed by atoms with Crippen LogP contribution in [0.5, 0.6) is 0 Å². The second kappa shape index (κ2) is 6.90. The van der Waals surface area contributed by atoms with Crippen LogP contribution in [0.4, 0.5) is 4.39 Å². The second-order valence-electron chi connectivity index (χ2n) is 6.75. The lowest BCUT2D eigenvalue weighted by Gasteiger charge is -2.34. The van der Waals surface area contributed by atoms with Crippen molar-refractivity contribution in [2.45, 2.75) is 12.6 Å². The van der Waals surface area contributed by atoms with Crippen molar-refractivity contribution < 1.29 is 12.8 Å². The second-order valence-corrected chi connectivity index (χ2v) is 8.98. The van der Waals surface area contributed by atoms with Crippen LogP contribution in [0.1, 0.15) is 17.3 Å². The zero-order chi connectivity index (χ0) is 19.0. The number of aryl methyl sites for hydroxylation is 1. The Bertz CT molecular complexity index is 1060. The largest absolute Gasteiger partial charge is 0.288 e. The molecule has 3 aromatic rings. The monoisotopic (exact) mass is 389 g/mol. The molecule has 27 heavy (non-hydrogen) atoms. The fourth-order valence-electron chi connectivity index (χ4n) is 3.38. The summed E-state index contributed by atoms with van der Waals surface area (Å²) in [6, 6.07) is 8.01. The molecule has 9 heteroatoms. The summed E-state index contributed by atoms with van der Waals surface area (Å²) >= 11 is 0. The molecule has 1 atom stereocenters. The molecule has 0 amide bonds. The molecule has 1 aromatic carbocycles. The Morgan fingerprint density at radius 2 is 2.07 bits per heavy atom. The van der Waals surface area contributed by atoms with Gasteiger partial charge in [0.1, 0.15) is 11.5 Å². The van der Waals surface area contributed by atoms with Gasteiger partial charge in [-0.3, -0.25) is 9.58 Å². The van der Waals surface area contributed by atoms with Gasteiger partial charge in [-0.1, -0.05) is 12.1 Å². The summed E-state index contributed by atoms with van der Waals surface area (Å²) in [4.78, 5) is 2.09. The third-order valence-electron chi connectivity index (χ3n) is 4.76. The highest BCUT2D eigenvalue weighted by atomic mass is 32.2. The van der Waals surface area contributed by atoms with Gasteiger partial charge in [0.25, 0.3) is 0 Å². The molecule has 3 heterocycles. The van der Waals surface area contributed by atoms with Crippen LogP contribution in [0, 0.1) is 5.82 Å². The number of aromatic nitrogens is 4. The lowest BCUT2D eigenvalue weighted by atomic mass is 10.1. The summed E-state index contributed by atoms with van der Waals surface area (Å²) in [5, 5.41) is 8.64. The van der Waals surface area contributed by atoms with Crippen LogP contribution < -0.4 is 0 Å². The first kappa shape index (κ1) is 17.9. The highest BCUT2D eigenvalue weighted by molar-refractivity contribution is 7.91. The van der Waals surface area contributed by atoms with Gasteiger partial charge in [-0.15, -0.1) is 0 Å². The highest BCUT2D eigenvalue weighted by Gasteiger charge is 2.33. The van der Waals surface area contributed by atoms with Gasteiger partial charge in [-0.25, -0.2) is 17.5 Å². The first-order valence-electron chi connectivity index (χ1n) is 8.64. The standard InChI is InChI=1S/C18H20FN5O2S/c1-22-11-14(10-20-22)18-13-27(25,26)9-8-23(18)12-15-6-7-24(21-15)17-5-3-2-4-16(17)19/h2-7,10-11,18H,8-9,12-13H2,1H3. The summed E-state index contributed by atoms with van der Waals surface area (Å²) in [6.45, 7) is 0.908. The van der Waals surface area contributed by atoms with E-state index < -0.39 is 9.84 Å². The first-order chi connectivity index (χ1) is 12.9. The van der Waals surface area contributed by atoms with Crippen molar-refractivity contribution in [1.29, 1.82) is 0 Å². The maximum atomic E-state index is 14.0. The zero-order valence-corrected chi connectivity index (χ0v) is 15.7. The van der Waals surface area contributed by atoms with E-state index >= 15 is 0 Å². The average molecular weight is 389 g/mol. The first-order valence-corrected chi connectivity index (χ1v) is 10.5. The van der Waals surface area contributed by atoms with Gasteiger partial charge in [-0.05, 0) is 18.2 Å². The van der Waals surface area contributed by atoms with E-state index in [0.717, 1.165) is 11.3 Å². The Morgan fingerprint density at radius 1 is 1.26 bits per heavy atom. The van der Waals surface area contributed by atoms with Gasteiger partial charge in [-0.2, -0.15) is 10.2 Å². The van der Waals surface area contributed by atoms with E-state index in [9.17, 15) is 12.8 Å². The predicted octanol–water partition coefficient (Wildman–Crippen LogP) is 1.72. The number of para-hydroxylation sites is 1. The van der Waals surface area contributed by atoms with Crippen molar-refractivity contribution in [2.75, 3.05) is 18.1 Å². The van der Waals surface area contributed by atoms with Crippen LogP contribution in [-0.4, -0.2) is 50.9 Å². The van der Waals surface area contributed by atoms with Gasteiger partial charge >= 0.3 is 0 Å². The number of rotatable bonds is 4. The molecular weight excluding hydrogens is 369 g/mol. The molecule has 1 saturated heterocycles. The Kier molecular flexibility index (Phi) is 4.56. The molecule has 7 nitrogen and oxygen atoms in total. The van der Waals surface area contributed by atoms with Crippen LogP contribution >= 0.6 is 0 Å². The van der Waals surface area contributed by atoms with Crippen molar-refractivity contribution in [3.05, 3.63) is 66.0 Å². The Balaban J connectivity index is 1.58. The van der Waals surface area contributed by atoms with E-state index in [1.165, 1.54) is 10.7 Å². The number of sulfone groups is 1. The Morgan fingerprint density at radius 3 is 2.81 bits per heavy atom. The molecular formula is C18H20FN5O2S. The van der Waals surface area contributed by atoms with Crippen molar-refractivity contribution in [1.82, 2.24) is 24.5 Å². The van der Waals surface area contributed by atoms with Crippen LogP contribution in [-0.2, 0) is 23.4 Å². The third kappa shape index (κ3) is 3.79. The minimum Gasteiger partial charge on any atom is -0.288 e. The lowest BCUT2D eigenvalue weighted by Crippen LogP contribution is -2.42. The lowest BCUT2D eigenvalue weighted by molar-refractivity contribution is 0.203. The number of hydrogen-bond donors (Lipinski definition) is 0. The van der Waals surface area contributed by atoms with Gasteiger partial charge in [0.2, 0.25) is 0 Å². The quantitative estimate of drug-likeness (QED) is 0.679. The molecule has 1 fully saturated rings. The van der Waals surface area contributed by atoms with Gasteiger partial charge in [0.15, 0.2) is 9.84 Å². The van der Waals surface area contributed by atoms with Crippen molar-refractivity contribution in [2.24, 2.45) is 7.05 Å². The van der Waals surface area contributed by atoms with E-state index in [-0.39, 0.29) is 23.4 Å². The maximum Gasteiger partial charge on any atom is 0.153 e. The molecule has 0 radical (unpaired) electrons. The molecule has 1 aliphatic heterocycles. The third-order valence-corrected chi connectivity index (χ3v) is 6.39. The molecule has 0 N–H and O–H groups in total. The molecule has 4 rings (SSSR count). The predicted molar refractivity (Wildman–Crippen MR) is 98.5 cm³/mol. The van der Waals surface area contributed by atoms with E-state index in [4.69, 9.17) is 0 Å². The molecule has 0 saturated carbocycles. The summed E-state index contributed by atoms with van der Waals surface area (Å²) in [5.41, 5.74) is 2.01. The molecule has 0 spiro atoms. The van der Waals surface area contributed by atoms with Crippen LogP contribution in [0.2, 0.25) is 0 Å². The fraction of sp³-hybridized carbons (Fsp3) is 0.333.